The van der Waals surface area contributed by atoms with Crippen molar-refractivity contribution in [1.29, 1.82) is 0 Å². The van der Waals surface area contributed by atoms with Gasteiger partial charge in [0.15, 0.2) is 0 Å². The van der Waals surface area contributed by atoms with Gasteiger partial charge in [0.05, 0.1) is 5.02 Å². The Morgan fingerprint density at radius 3 is 2.72 bits per heavy atom. The fourth-order valence-corrected chi connectivity index (χ4v) is 3.44. The minimum atomic E-state index is -3.61. The Bertz CT molecular complexity index is 503. The van der Waals surface area contributed by atoms with Gasteiger partial charge in [-0.25, -0.2) is 13.1 Å². The monoisotopic (exact) mass is 290 g/mol. The number of unbranched alkanes of at least 4 members (excludes halogenated alkanes) is 1. The normalized spacial score (nSPS) is 13.5. The minimum absolute atomic E-state index is 0.0347. The van der Waals surface area contributed by atoms with E-state index in [0.717, 1.165) is 19.3 Å². The molecule has 1 atom stereocenters. The number of sulfonamides is 1. The van der Waals surface area contributed by atoms with Gasteiger partial charge in [0.2, 0.25) is 10.0 Å². The number of halogens is 1. The molecule has 0 saturated heterocycles. The standard InChI is InChI=1S/C12H19ClN2O2S/c1-3-4-5-9(2)15-18(16,17)12-8-10(14)6-7-11(12)13/h6-9,15H,3-5,14H2,1-2H3. The maximum absolute atomic E-state index is 12.1. The van der Waals surface area contributed by atoms with Crippen LogP contribution in [0.5, 0.6) is 0 Å². The SMILES string of the molecule is CCCCC(C)NS(=O)(=O)c1cc(N)ccc1Cl. The quantitative estimate of drug-likeness (QED) is 0.791. The smallest absolute Gasteiger partial charge is 0.242 e. The highest BCUT2D eigenvalue weighted by Crippen LogP contribution is 2.24. The molecule has 18 heavy (non-hydrogen) atoms. The molecule has 1 unspecified atom stereocenters. The number of nitrogens with one attached hydrogen (secondary N) is 1. The van der Waals surface area contributed by atoms with Gasteiger partial charge < -0.3 is 5.73 Å². The zero-order valence-electron chi connectivity index (χ0n) is 10.6. The van der Waals surface area contributed by atoms with Crippen LogP contribution in [0.25, 0.3) is 0 Å². The molecule has 0 aliphatic heterocycles. The molecule has 0 aliphatic carbocycles. The van der Waals surface area contributed by atoms with Crippen LogP contribution in [-0.4, -0.2) is 14.5 Å². The summed E-state index contributed by atoms with van der Waals surface area (Å²) in [6.07, 6.45) is 2.81. The van der Waals surface area contributed by atoms with Gasteiger partial charge in [-0.15, -0.1) is 0 Å². The summed E-state index contributed by atoms with van der Waals surface area (Å²) in [5.74, 6) is 0. The van der Waals surface area contributed by atoms with Gasteiger partial charge in [-0.3, -0.25) is 0 Å². The molecule has 0 saturated carbocycles. The molecule has 0 aromatic heterocycles. The summed E-state index contributed by atoms with van der Waals surface area (Å²) in [5, 5.41) is 0.180. The molecule has 0 fully saturated rings. The van der Waals surface area contributed by atoms with Crippen molar-refractivity contribution < 1.29 is 8.42 Å². The van der Waals surface area contributed by atoms with E-state index in [9.17, 15) is 8.42 Å². The highest BCUT2D eigenvalue weighted by molar-refractivity contribution is 7.89. The van der Waals surface area contributed by atoms with E-state index in [-0.39, 0.29) is 16.0 Å². The molecule has 4 nitrogen and oxygen atoms in total. The molecule has 0 amide bonds. The van der Waals surface area contributed by atoms with Crippen molar-refractivity contribution in [2.24, 2.45) is 0 Å². The summed E-state index contributed by atoms with van der Waals surface area (Å²) >= 11 is 5.89. The Balaban J connectivity index is 2.89. The first-order chi connectivity index (χ1) is 8.36. The molecule has 3 N–H and O–H groups in total. The number of benzene rings is 1. The zero-order chi connectivity index (χ0) is 13.8. The van der Waals surface area contributed by atoms with Crippen molar-refractivity contribution in [3.05, 3.63) is 23.2 Å². The predicted octanol–water partition coefficient (Wildman–Crippen LogP) is 2.78. The number of rotatable bonds is 6. The Labute approximate surface area is 114 Å². The first-order valence-electron chi connectivity index (χ1n) is 5.94. The van der Waals surface area contributed by atoms with Crippen molar-refractivity contribution in [3.63, 3.8) is 0 Å². The van der Waals surface area contributed by atoms with Gasteiger partial charge in [-0.05, 0) is 31.5 Å². The lowest BCUT2D eigenvalue weighted by molar-refractivity contribution is 0.534. The van der Waals surface area contributed by atoms with Gasteiger partial charge in [-0.2, -0.15) is 0 Å². The summed E-state index contributed by atoms with van der Waals surface area (Å²) in [6.45, 7) is 3.91. The predicted molar refractivity (Wildman–Crippen MR) is 75.2 cm³/mol. The molecule has 0 aliphatic rings. The lowest BCUT2D eigenvalue weighted by atomic mass is 10.2. The summed E-state index contributed by atoms with van der Waals surface area (Å²) < 4.78 is 26.9. The summed E-state index contributed by atoms with van der Waals surface area (Å²) in [4.78, 5) is 0.0347. The summed E-state index contributed by atoms with van der Waals surface area (Å²) in [7, 11) is -3.61. The van der Waals surface area contributed by atoms with E-state index in [0.29, 0.717) is 5.69 Å². The van der Waals surface area contributed by atoms with Crippen LogP contribution < -0.4 is 10.5 Å². The fraction of sp³-hybridized carbons (Fsp3) is 0.500. The number of hydrogen-bond acceptors (Lipinski definition) is 3. The molecule has 1 aromatic rings. The summed E-state index contributed by atoms with van der Waals surface area (Å²) in [6, 6.07) is 4.31. The third-order valence-corrected chi connectivity index (χ3v) is 4.66. The molecule has 0 radical (unpaired) electrons. The third kappa shape index (κ3) is 4.15. The Kier molecular flexibility index (Phi) is 5.44. The topological polar surface area (TPSA) is 72.2 Å². The molecule has 0 spiro atoms. The first kappa shape index (κ1) is 15.3. The van der Waals surface area contributed by atoms with Crippen molar-refractivity contribution in [1.82, 2.24) is 4.72 Å². The van der Waals surface area contributed by atoms with E-state index < -0.39 is 10.0 Å². The van der Waals surface area contributed by atoms with Gasteiger partial charge in [0.1, 0.15) is 4.90 Å². The van der Waals surface area contributed by atoms with Crippen LogP contribution in [-0.2, 0) is 10.0 Å². The Morgan fingerprint density at radius 1 is 1.44 bits per heavy atom. The van der Waals surface area contributed by atoms with E-state index >= 15 is 0 Å². The molecule has 1 rings (SSSR count). The number of nitrogen functional groups attached to an aromatic ring is 1. The Morgan fingerprint density at radius 2 is 2.11 bits per heavy atom. The molecule has 6 heteroatoms. The third-order valence-electron chi connectivity index (χ3n) is 2.59. The number of nitrogens with two attached hydrogens (primary N) is 1. The van der Waals surface area contributed by atoms with Gasteiger partial charge in [-0.1, -0.05) is 31.4 Å². The van der Waals surface area contributed by atoms with Crippen molar-refractivity contribution in [3.8, 4) is 0 Å². The van der Waals surface area contributed by atoms with E-state index in [1.165, 1.54) is 12.1 Å². The minimum Gasteiger partial charge on any atom is -0.399 e. The van der Waals surface area contributed by atoms with Crippen LogP contribution in [0.3, 0.4) is 0 Å². The average Bonchev–Trinajstić information content (AvgIpc) is 2.29. The van der Waals surface area contributed by atoms with Crippen LogP contribution >= 0.6 is 11.6 Å². The van der Waals surface area contributed by atoms with Gasteiger partial charge in [0, 0.05) is 11.7 Å². The van der Waals surface area contributed by atoms with Crippen LogP contribution in [0.15, 0.2) is 23.1 Å². The lowest BCUT2D eigenvalue weighted by Crippen LogP contribution is -2.32. The zero-order valence-corrected chi connectivity index (χ0v) is 12.2. The van der Waals surface area contributed by atoms with Crippen LogP contribution in [0.1, 0.15) is 33.1 Å². The summed E-state index contributed by atoms with van der Waals surface area (Å²) in [5.41, 5.74) is 5.96. The van der Waals surface area contributed by atoms with Crippen LogP contribution in [0.2, 0.25) is 5.02 Å². The molecule has 1 aromatic carbocycles. The molecular formula is C12H19ClN2O2S. The largest absolute Gasteiger partial charge is 0.399 e. The molecule has 0 heterocycles. The second-order valence-electron chi connectivity index (χ2n) is 4.35. The second-order valence-corrected chi connectivity index (χ2v) is 6.44. The second kappa shape index (κ2) is 6.41. The highest BCUT2D eigenvalue weighted by atomic mass is 35.5. The maximum atomic E-state index is 12.1. The van der Waals surface area contributed by atoms with E-state index in [4.69, 9.17) is 17.3 Å². The van der Waals surface area contributed by atoms with Gasteiger partial charge >= 0.3 is 0 Å². The fourth-order valence-electron chi connectivity index (χ4n) is 1.62. The molecule has 0 bridgehead atoms. The van der Waals surface area contributed by atoms with E-state index in [2.05, 4.69) is 11.6 Å². The first-order valence-corrected chi connectivity index (χ1v) is 7.80. The van der Waals surface area contributed by atoms with Crippen molar-refractivity contribution in [2.45, 2.75) is 44.0 Å². The average molecular weight is 291 g/mol. The molecular weight excluding hydrogens is 272 g/mol. The highest BCUT2D eigenvalue weighted by Gasteiger charge is 2.20. The lowest BCUT2D eigenvalue weighted by Gasteiger charge is -2.14. The van der Waals surface area contributed by atoms with Crippen molar-refractivity contribution >= 4 is 27.3 Å². The Hall–Kier alpha value is -0.780. The number of anilines is 1. The van der Waals surface area contributed by atoms with E-state index in [1.54, 1.807) is 6.07 Å². The maximum Gasteiger partial charge on any atom is 0.242 e. The number of hydrogen-bond donors (Lipinski definition) is 2. The van der Waals surface area contributed by atoms with Crippen molar-refractivity contribution in [2.75, 3.05) is 5.73 Å². The van der Waals surface area contributed by atoms with Gasteiger partial charge in [0.25, 0.3) is 0 Å². The van der Waals surface area contributed by atoms with E-state index in [1.807, 2.05) is 6.92 Å². The van der Waals surface area contributed by atoms with Crippen LogP contribution in [0, 0.1) is 0 Å². The van der Waals surface area contributed by atoms with Crippen LogP contribution in [0.4, 0.5) is 5.69 Å². The molecule has 102 valence electrons.